The minimum Gasteiger partial charge on any atom is -0.378 e. The van der Waals surface area contributed by atoms with E-state index in [2.05, 4.69) is 5.32 Å². The Morgan fingerprint density at radius 2 is 2.43 bits per heavy atom. The molecule has 1 saturated heterocycles. The molecule has 0 bridgehead atoms. The van der Waals surface area contributed by atoms with Gasteiger partial charge in [0.1, 0.15) is 0 Å². The molecule has 0 spiro atoms. The molecule has 1 aliphatic heterocycles. The zero-order valence-electron chi connectivity index (χ0n) is 8.79. The van der Waals surface area contributed by atoms with E-state index in [0.29, 0.717) is 12.6 Å². The first-order valence-electron chi connectivity index (χ1n) is 5.35. The van der Waals surface area contributed by atoms with E-state index in [1.54, 1.807) is 6.92 Å². The van der Waals surface area contributed by atoms with Gasteiger partial charge in [0.05, 0.1) is 12.1 Å². The molecule has 1 amide bonds. The Kier molecular flexibility index (Phi) is 4.90. The predicted octanol–water partition coefficient (Wildman–Crippen LogP) is 0.409. The third-order valence-corrected chi connectivity index (χ3v) is 2.45. The van der Waals surface area contributed by atoms with Crippen LogP contribution in [0, 0.1) is 0 Å². The monoisotopic (exact) mass is 200 g/mol. The lowest BCUT2D eigenvalue weighted by atomic mass is 10.1. The maximum absolute atomic E-state index is 11.1. The molecule has 1 fully saturated rings. The number of rotatable bonds is 4. The summed E-state index contributed by atoms with van der Waals surface area (Å²) in [4.78, 5) is 11.1. The van der Waals surface area contributed by atoms with Crippen molar-refractivity contribution in [3.63, 3.8) is 0 Å². The number of hydrogen-bond donors (Lipinski definition) is 2. The van der Waals surface area contributed by atoms with Gasteiger partial charge in [-0.05, 0) is 32.6 Å². The lowest BCUT2D eigenvalue weighted by molar-refractivity contribution is -0.122. The van der Waals surface area contributed by atoms with E-state index in [1.807, 2.05) is 0 Å². The highest BCUT2D eigenvalue weighted by atomic mass is 16.5. The van der Waals surface area contributed by atoms with Gasteiger partial charge in [0, 0.05) is 13.2 Å². The molecule has 0 aromatic carbocycles. The van der Waals surface area contributed by atoms with Crippen LogP contribution in [-0.2, 0) is 9.53 Å². The van der Waals surface area contributed by atoms with Crippen LogP contribution in [0.4, 0.5) is 0 Å². The number of nitrogens with one attached hydrogen (secondary N) is 1. The standard InChI is InChI=1S/C10H20N2O2/c1-8(11)10(13)12-6-5-9-4-2-3-7-14-9/h8-9H,2-7,11H2,1H3,(H,12,13)/t8-,9?/m0/s1. The summed E-state index contributed by atoms with van der Waals surface area (Å²) in [6.45, 7) is 3.23. The van der Waals surface area contributed by atoms with E-state index in [-0.39, 0.29) is 5.91 Å². The Balaban J connectivity index is 2.05. The van der Waals surface area contributed by atoms with Crippen molar-refractivity contribution in [1.29, 1.82) is 0 Å². The summed E-state index contributed by atoms with van der Waals surface area (Å²) in [5.74, 6) is -0.0826. The van der Waals surface area contributed by atoms with Crippen LogP contribution in [0.15, 0.2) is 0 Å². The SMILES string of the molecule is C[C@H](N)C(=O)NCCC1CCCCO1. The lowest BCUT2D eigenvalue weighted by Gasteiger charge is -2.22. The molecule has 14 heavy (non-hydrogen) atoms. The summed E-state index contributed by atoms with van der Waals surface area (Å²) in [7, 11) is 0. The average molecular weight is 200 g/mol. The quantitative estimate of drug-likeness (QED) is 0.691. The molecule has 1 heterocycles. The molecule has 1 rings (SSSR count). The van der Waals surface area contributed by atoms with Crippen LogP contribution < -0.4 is 11.1 Å². The van der Waals surface area contributed by atoms with E-state index in [4.69, 9.17) is 10.5 Å². The summed E-state index contributed by atoms with van der Waals surface area (Å²) in [6.07, 6.45) is 4.76. The second-order valence-corrected chi connectivity index (χ2v) is 3.86. The number of carbonyl (C=O) groups is 1. The number of hydrogen-bond acceptors (Lipinski definition) is 3. The molecule has 4 heteroatoms. The predicted molar refractivity (Wildman–Crippen MR) is 54.9 cm³/mol. The van der Waals surface area contributed by atoms with E-state index >= 15 is 0 Å². The van der Waals surface area contributed by atoms with Gasteiger partial charge in [0.2, 0.25) is 5.91 Å². The van der Waals surface area contributed by atoms with Gasteiger partial charge in [0.25, 0.3) is 0 Å². The van der Waals surface area contributed by atoms with Gasteiger partial charge in [0.15, 0.2) is 0 Å². The first-order valence-corrected chi connectivity index (χ1v) is 5.35. The Morgan fingerprint density at radius 1 is 1.64 bits per heavy atom. The van der Waals surface area contributed by atoms with Gasteiger partial charge in [-0.15, -0.1) is 0 Å². The molecule has 0 aromatic rings. The van der Waals surface area contributed by atoms with Crippen LogP contribution >= 0.6 is 0 Å². The highest BCUT2D eigenvalue weighted by Crippen LogP contribution is 2.14. The number of carbonyl (C=O) groups excluding carboxylic acids is 1. The molecule has 82 valence electrons. The van der Waals surface area contributed by atoms with Crippen molar-refractivity contribution in [2.24, 2.45) is 5.73 Å². The Morgan fingerprint density at radius 3 is 3.00 bits per heavy atom. The third-order valence-electron chi connectivity index (χ3n) is 2.45. The molecule has 0 aliphatic carbocycles. The molecule has 2 atom stereocenters. The van der Waals surface area contributed by atoms with E-state index in [0.717, 1.165) is 19.4 Å². The van der Waals surface area contributed by atoms with Gasteiger partial charge >= 0.3 is 0 Å². The Labute approximate surface area is 85.2 Å². The maximum Gasteiger partial charge on any atom is 0.236 e. The first kappa shape index (κ1) is 11.5. The van der Waals surface area contributed by atoms with Crippen LogP contribution in [0.25, 0.3) is 0 Å². The van der Waals surface area contributed by atoms with Crippen LogP contribution in [0.2, 0.25) is 0 Å². The number of ether oxygens (including phenoxy) is 1. The fourth-order valence-corrected chi connectivity index (χ4v) is 1.55. The minimum atomic E-state index is -0.415. The zero-order valence-corrected chi connectivity index (χ0v) is 8.79. The molecular weight excluding hydrogens is 180 g/mol. The number of nitrogens with two attached hydrogens (primary N) is 1. The zero-order chi connectivity index (χ0) is 10.4. The smallest absolute Gasteiger partial charge is 0.236 e. The lowest BCUT2D eigenvalue weighted by Crippen LogP contribution is -2.39. The van der Waals surface area contributed by atoms with Gasteiger partial charge in [-0.1, -0.05) is 0 Å². The first-order chi connectivity index (χ1) is 6.70. The average Bonchev–Trinajstić information content (AvgIpc) is 2.19. The molecule has 0 radical (unpaired) electrons. The summed E-state index contributed by atoms with van der Waals surface area (Å²) < 4.78 is 5.54. The van der Waals surface area contributed by atoms with Crippen molar-refractivity contribution in [1.82, 2.24) is 5.32 Å². The molecular formula is C10H20N2O2. The fraction of sp³-hybridized carbons (Fsp3) is 0.900. The van der Waals surface area contributed by atoms with E-state index in [9.17, 15) is 4.79 Å². The van der Waals surface area contributed by atoms with Crippen molar-refractivity contribution in [3.8, 4) is 0 Å². The van der Waals surface area contributed by atoms with Crippen molar-refractivity contribution in [3.05, 3.63) is 0 Å². The van der Waals surface area contributed by atoms with Gasteiger partial charge in [-0.3, -0.25) is 4.79 Å². The van der Waals surface area contributed by atoms with Crippen molar-refractivity contribution in [2.45, 2.75) is 44.8 Å². The van der Waals surface area contributed by atoms with Gasteiger partial charge in [-0.2, -0.15) is 0 Å². The Bertz CT molecular complexity index is 177. The van der Waals surface area contributed by atoms with Crippen LogP contribution in [0.3, 0.4) is 0 Å². The largest absolute Gasteiger partial charge is 0.378 e. The second kappa shape index (κ2) is 5.98. The second-order valence-electron chi connectivity index (χ2n) is 3.86. The topological polar surface area (TPSA) is 64.4 Å². The maximum atomic E-state index is 11.1. The summed E-state index contributed by atoms with van der Waals surface area (Å²) in [6, 6.07) is -0.415. The van der Waals surface area contributed by atoms with Gasteiger partial charge < -0.3 is 15.8 Å². The summed E-state index contributed by atoms with van der Waals surface area (Å²) in [5.41, 5.74) is 5.41. The van der Waals surface area contributed by atoms with Crippen LogP contribution in [0.1, 0.15) is 32.6 Å². The fourth-order valence-electron chi connectivity index (χ4n) is 1.55. The molecule has 0 aromatic heterocycles. The highest BCUT2D eigenvalue weighted by molar-refractivity contribution is 5.80. The van der Waals surface area contributed by atoms with Crippen molar-refractivity contribution < 1.29 is 9.53 Å². The molecule has 0 saturated carbocycles. The minimum absolute atomic E-state index is 0.0826. The summed E-state index contributed by atoms with van der Waals surface area (Å²) in [5, 5.41) is 2.79. The number of amides is 1. The normalized spacial score (nSPS) is 24.3. The summed E-state index contributed by atoms with van der Waals surface area (Å²) >= 11 is 0. The van der Waals surface area contributed by atoms with E-state index in [1.165, 1.54) is 12.8 Å². The Hall–Kier alpha value is -0.610. The molecule has 3 N–H and O–H groups in total. The van der Waals surface area contributed by atoms with Crippen molar-refractivity contribution >= 4 is 5.91 Å². The highest BCUT2D eigenvalue weighted by Gasteiger charge is 2.14. The van der Waals surface area contributed by atoms with Crippen LogP contribution in [0.5, 0.6) is 0 Å². The molecule has 4 nitrogen and oxygen atoms in total. The third kappa shape index (κ3) is 4.07. The molecule has 1 unspecified atom stereocenters. The van der Waals surface area contributed by atoms with Gasteiger partial charge in [-0.25, -0.2) is 0 Å². The van der Waals surface area contributed by atoms with Crippen molar-refractivity contribution in [2.75, 3.05) is 13.2 Å². The van der Waals surface area contributed by atoms with Crippen LogP contribution in [-0.4, -0.2) is 31.2 Å². The van der Waals surface area contributed by atoms with E-state index < -0.39 is 6.04 Å². The molecule has 1 aliphatic rings.